The smallest absolute Gasteiger partial charge is 0.0991 e. The van der Waals surface area contributed by atoms with Gasteiger partial charge >= 0.3 is 0 Å². The predicted molar refractivity (Wildman–Crippen MR) is 102 cm³/mol. The first-order valence-electron chi connectivity index (χ1n) is 9.26. The second-order valence-electron chi connectivity index (χ2n) is 7.92. The Hall–Kier alpha value is -2.22. The molecule has 0 radical (unpaired) electrons. The molecule has 136 valence electrons. The van der Waals surface area contributed by atoms with Gasteiger partial charge in [-0.15, -0.1) is 0 Å². The number of nitrogens with zero attached hydrogens (tertiary/aromatic N) is 3. The lowest BCUT2D eigenvalue weighted by Crippen LogP contribution is -2.42. The van der Waals surface area contributed by atoms with Crippen LogP contribution in [0.2, 0.25) is 0 Å². The monoisotopic (exact) mass is 349 g/mol. The molecule has 0 aliphatic carbocycles. The minimum atomic E-state index is -0.154. The number of aliphatic hydroxyl groups is 1. The summed E-state index contributed by atoms with van der Waals surface area (Å²) in [5.41, 5.74) is 2.69. The zero-order chi connectivity index (χ0) is 18.6. The zero-order valence-electron chi connectivity index (χ0n) is 15.7. The van der Waals surface area contributed by atoms with E-state index in [1.165, 1.54) is 5.56 Å². The highest BCUT2D eigenvalue weighted by molar-refractivity contribution is 5.32. The minimum Gasteiger partial charge on any atom is -0.396 e. The van der Waals surface area contributed by atoms with Gasteiger partial charge in [0.05, 0.1) is 22.9 Å². The number of nitriles is 1. The molecule has 1 aliphatic heterocycles. The molecule has 0 amide bonds. The lowest BCUT2D eigenvalue weighted by atomic mass is 9.81. The van der Waals surface area contributed by atoms with Crippen molar-refractivity contribution in [3.05, 3.63) is 65.5 Å². The molecule has 4 heteroatoms. The van der Waals surface area contributed by atoms with Gasteiger partial charge in [0.2, 0.25) is 0 Å². The molecular formula is C22H27N3O. The number of benzene rings is 1. The fourth-order valence-electron chi connectivity index (χ4n) is 3.92. The lowest BCUT2D eigenvalue weighted by Gasteiger charge is -2.37. The van der Waals surface area contributed by atoms with Crippen LogP contribution in [0.25, 0.3) is 0 Å². The van der Waals surface area contributed by atoms with Gasteiger partial charge < -0.3 is 5.11 Å². The Bertz CT molecular complexity index is 781. The lowest BCUT2D eigenvalue weighted by molar-refractivity contribution is 0.0854. The van der Waals surface area contributed by atoms with Gasteiger partial charge in [0.25, 0.3) is 0 Å². The van der Waals surface area contributed by atoms with Gasteiger partial charge in [-0.1, -0.05) is 18.2 Å². The summed E-state index contributed by atoms with van der Waals surface area (Å²) in [6, 6.07) is 16.0. The first-order valence-corrected chi connectivity index (χ1v) is 9.26. The van der Waals surface area contributed by atoms with Crippen LogP contribution in [0.4, 0.5) is 0 Å². The van der Waals surface area contributed by atoms with E-state index < -0.39 is 0 Å². The van der Waals surface area contributed by atoms with Crippen molar-refractivity contribution >= 4 is 0 Å². The number of pyridine rings is 1. The van der Waals surface area contributed by atoms with Crippen molar-refractivity contribution in [3.63, 3.8) is 0 Å². The van der Waals surface area contributed by atoms with Crippen molar-refractivity contribution in [3.8, 4) is 6.07 Å². The standard InChI is InChI=1S/C22H27N3O/c1-21(2,20-8-3-4-12-24-20)25-13-11-22(16-25,17-26)10-9-18-6-5-7-19(14-18)15-23/h3-8,12,14,26H,9-11,13,16-17H2,1-2H3/t22-/m1/s1. The van der Waals surface area contributed by atoms with E-state index in [4.69, 9.17) is 5.26 Å². The molecule has 4 nitrogen and oxygen atoms in total. The summed E-state index contributed by atoms with van der Waals surface area (Å²) < 4.78 is 0. The molecule has 0 bridgehead atoms. The van der Waals surface area contributed by atoms with E-state index in [0.717, 1.165) is 38.0 Å². The second kappa shape index (κ2) is 7.57. The first-order chi connectivity index (χ1) is 12.5. The molecule has 1 aromatic heterocycles. The van der Waals surface area contributed by atoms with Crippen LogP contribution in [0.5, 0.6) is 0 Å². The summed E-state index contributed by atoms with van der Waals surface area (Å²) in [4.78, 5) is 6.99. The SMILES string of the molecule is CC(C)(c1ccccn1)N1CC[C@](CO)(CCc2cccc(C#N)c2)C1. The number of hydrogen-bond acceptors (Lipinski definition) is 4. The molecule has 1 N–H and O–H groups in total. The maximum Gasteiger partial charge on any atom is 0.0991 e. The minimum absolute atomic E-state index is 0.0886. The van der Waals surface area contributed by atoms with Crippen molar-refractivity contribution in [2.45, 2.75) is 38.6 Å². The van der Waals surface area contributed by atoms with E-state index >= 15 is 0 Å². The van der Waals surface area contributed by atoms with E-state index in [-0.39, 0.29) is 17.6 Å². The molecule has 1 saturated heterocycles. The molecule has 1 aliphatic rings. The van der Waals surface area contributed by atoms with Gasteiger partial charge in [-0.05, 0) is 69.5 Å². The number of hydrogen-bond donors (Lipinski definition) is 1. The van der Waals surface area contributed by atoms with Crippen LogP contribution in [0.15, 0.2) is 48.7 Å². The average molecular weight is 349 g/mol. The third-order valence-corrected chi connectivity index (χ3v) is 5.86. The molecule has 2 aromatic rings. The van der Waals surface area contributed by atoms with E-state index in [0.29, 0.717) is 5.56 Å². The summed E-state index contributed by atoms with van der Waals surface area (Å²) in [6.45, 7) is 6.44. The average Bonchev–Trinajstić information content (AvgIpc) is 3.13. The molecule has 1 atom stereocenters. The highest BCUT2D eigenvalue weighted by atomic mass is 16.3. The topological polar surface area (TPSA) is 60.1 Å². The number of aromatic nitrogens is 1. The van der Waals surface area contributed by atoms with Crippen molar-refractivity contribution in [2.75, 3.05) is 19.7 Å². The largest absolute Gasteiger partial charge is 0.396 e. The Morgan fingerprint density at radius 1 is 1.27 bits per heavy atom. The van der Waals surface area contributed by atoms with E-state index in [9.17, 15) is 5.11 Å². The molecular weight excluding hydrogens is 322 g/mol. The number of aliphatic hydroxyl groups excluding tert-OH is 1. The maximum atomic E-state index is 10.2. The fourth-order valence-corrected chi connectivity index (χ4v) is 3.92. The maximum absolute atomic E-state index is 10.2. The van der Waals surface area contributed by atoms with Crippen LogP contribution in [0.1, 0.15) is 43.5 Å². The Morgan fingerprint density at radius 2 is 2.12 bits per heavy atom. The number of aryl methyl sites for hydroxylation is 1. The predicted octanol–water partition coefficient (Wildman–Crippen LogP) is 3.51. The third-order valence-electron chi connectivity index (χ3n) is 5.86. The van der Waals surface area contributed by atoms with Crippen LogP contribution in [0, 0.1) is 16.7 Å². The van der Waals surface area contributed by atoms with E-state index in [1.807, 2.05) is 36.5 Å². The zero-order valence-corrected chi connectivity index (χ0v) is 15.7. The molecule has 0 saturated carbocycles. The summed E-state index contributed by atoms with van der Waals surface area (Å²) in [6.07, 6.45) is 4.63. The number of likely N-dealkylation sites (tertiary alicyclic amines) is 1. The Balaban J connectivity index is 1.70. The van der Waals surface area contributed by atoms with Crippen molar-refractivity contribution < 1.29 is 5.11 Å². The van der Waals surface area contributed by atoms with Crippen LogP contribution >= 0.6 is 0 Å². The molecule has 1 fully saturated rings. The summed E-state index contributed by atoms with van der Waals surface area (Å²) in [7, 11) is 0. The second-order valence-corrected chi connectivity index (χ2v) is 7.92. The van der Waals surface area contributed by atoms with Crippen molar-refractivity contribution in [2.24, 2.45) is 5.41 Å². The van der Waals surface area contributed by atoms with Gasteiger partial charge in [-0.2, -0.15) is 5.26 Å². The van der Waals surface area contributed by atoms with Gasteiger partial charge in [0, 0.05) is 24.8 Å². The van der Waals surface area contributed by atoms with Gasteiger partial charge in [0.15, 0.2) is 0 Å². The summed E-state index contributed by atoms with van der Waals surface area (Å²) >= 11 is 0. The summed E-state index contributed by atoms with van der Waals surface area (Å²) in [5, 5.41) is 19.2. The van der Waals surface area contributed by atoms with Crippen molar-refractivity contribution in [1.82, 2.24) is 9.88 Å². The molecule has 26 heavy (non-hydrogen) atoms. The third kappa shape index (κ3) is 3.80. The normalized spacial score (nSPS) is 20.8. The highest BCUT2D eigenvalue weighted by Gasteiger charge is 2.43. The van der Waals surface area contributed by atoms with Crippen LogP contribution in [-0.4, -0.2) is 34.7 Å². The molecule has 0 spiro atoms. The molecule has 2 heterocycles. The fraction of sp³-hybridized carbons (Fsp3) is 0.455. The van der Waals surface area contributed by atoms with E-state index in [1.54, 1.807) is 0 Å². The van der Waals surface area contributed by atoms with Crippen LogP contribution in [-0.2, 0) is 12.0 Å². The van der Waals surface area contributed by atoms with Crippen molar-refractivity contribution in [1.29, 1.82) is 5.26 Å². The van der Waals surface area contributed by atoms with Gasteiger partial charge in [0.1, 0.15) is 0 Å². The first kappa shape index (κ1) is 18.6. The Kier molecular flexibility index (Phi) is 5.41. The van der Waals surface area contributed by atoms with E-state index in [2.05, 4.69) is 41.9 Å². The van der Waals surface area contributed by atoms with Gasteiger partial charge in [-0.25, -0.2) is 0 Å². The molecule has 1 aromatic carbocycles. The Morgan fingerprint density at radius 3 is 2.81 bits per heavy atom. The van der Waals surface area contributed by atoms with Crippen LogP contribution in [0.3, 0.4) is 0 Å². The molecule has 0 unspecified atom stereocenters. The quantitative estimate of drug-likeness (QED) is 0.867. The highest BCUT2D eigenvalue weighted by Crippen LogP contribution is 2.40. The van der Waals surface area contributed by atoms with Gasteiger partial charge in [-0.3, -0.25) is 9.88 Å². The van der Waals surface area contributed by atoms with Crippen LogP contribution < -0.4 is 0 Å². The number of rotatable bonds is 6. The summed E-state index contributed by atoms with van der Waals surface area (Å²) in [5.74, 6) is 0. The Labute approximate surface area is 156 Å². The molecule has 3 rings (SSSR count).